The Hall–Kier alpha value is -1.06. The molecule has 1 unspecified atom stereocenters. The van der Waals surface area contributed by atoms with Crippen LogP contribution in [0.1, 0.15) is 40.0 Å². The van der Waals surface area contributed by atoms with E-state index in [1.807, 2.05) is 25.7 Å². The summed E-state index contributed by atoms with van der Waals surface area (Å²) in [6, 6.07) is 0. The highest BCUT2D eigenvalue weighted by molar-refractivity contribution is 5.83. The molecule has 17 heavy (non-hydrogen) atoms. The molecule has 0 spiro atoms. The molecule has 1 fully saturated rings. The summed E-state index contributed by atoms with van der Waals surface area (Å²) in [5.41, 5.74) is -0.335. The highest BCUT2D eigenvalue weighted by Gasteiger charge is 2.35. The van der Waals surface area contributed by atoms with Crippen molar-refractivity contribution in [3.05, 3.63) is 0 Å². The van der Waals surface area contributed by atoms with E-state index in [1.165, 1.54) is 7.11 Å². The van der Waals surface area contributed by atoms with E-state index in [0.717, 1.165) is 25.8 Å². The number of carbonyl (C=O) groups excluding carboxylic acids is 2. The Kier molecular flexibility index (Phi) is 4.54. The Morgan fingerprint density at radius 3 is 2.59 bits per heavy atom. The zero-order valence-corrected chi connectivity index (χ0v) is 11.3. The molecular formula is C13H23NO3. The molecule has 0 aromatic rings. The second-order valence-electron chi connectivity index (χ2n) is 5.35. The van der Waals surface area contributed by atoms with Crippen LogP contribution in [-0.4, -0.2) is 37.0 Å². The molecule has 1 saturated heterocycles. The number of hydrogen-bond donors (Lipinski definition) is 0. The monoisotopic (exact) mass is 241 g/mol. The van der Waals surface area contributed by atoms with Crippen molar-refractivity contribution in [1.29, 1.82) is 0 Å². The molecule has 1 aliphatic heterocycles. The van der Waals surface area contributed by atoms with Crippen LogP contribution in [0.25, 0.3) is 0 Å². The Bertz CT molecular complexity index is 299. The SMILES string of the molecule is CCC(C)(C)C(=O)N1CCCC(C(=O)OC)C1. The van der Waals surface area contributed by atoms with E-state index in [4.69, 9.17) is 4.74 Å². The molecule has 4 heteroatoms. The molecule has 1 rings (SSSR count). The lowest BCUT2D eigenvalue weighted by molar-refractivity contribution is -0.151. The molecule has 0 bridgehead atoms. The van der Waals surface area contributed by atoms with E-state index in [1.54, 1.807) is 0 Å². The molecular weight excluding hydrogens is 218 g/mol. The first-order chi connectivity index (χ1) is 7.92. The summed E-state index contributed by atoms with van der Waals surface area (Å²) in [6.07, 6.45) is 2.51. The topological polar surface area (TPSA) is 46.6 Å². The average Bonchev–Trinajstić information content (AvgIpc) is 2.36. The molecule has 0 radical (unpaired) electrons. The van der Waals surface area contributed by atoms with Gasteiger partial charge in [-0.05, 0) is 19.3 Å². The lowest BCUT2D eigenvalue weighted by Gasteiger charge is -2.36. The molecule has 0 aliphatic carbocycles. The number of rotatable bonds is 3. The molecule has 1 atom stereocenters. The maximum absolute atomic E-state index is 12.3. The van der Waals surface area contributed by atoms with E-state index in [-0.39, 0.29) is 23.2 Å². The van der Waals surface area contributed by atoms with Gasteiger partial charge in [-0.15, -0.1) is 0 Å². The minimum Gasteiger partial charge on any atom is -0.469 e. The van der Waals surface area contributed by atoms with Gasteiger partial charge in [0, 0.05) is 18.5 Å². The number of hydrogen-bond acceptors (Lipinski definition) is 3. The standard InChI is InChI=1S/C13H23NO3/c1-5-13(2,3)12(16)14-8-6-7-10(9-14)11(15)17-4/h10H,5-9H2,1-4H3. The van der Waals surface area contributed by atoms with Crippen molar-refractivity contribution in [3.63, 3.8) is 0 Å². The van der Waals surface area contributed by atoms with Crippen LogP contribution >= 0.6 is 0 Å². The van der Waals surface area contributed by atoms with Gasteiger partial charge in [0.2, 0.25) is 5.91 Å². The fourth-order valence-corrected chi connectivity index (χ4v) is 2.10. The summed E-state index contributed by atoms with van der Waals surface area (Å²) in [4.78, 5) is 25.6. The van der Waals surface area contributed by atoms with Gasteiger partial charge in [0.1, 0.15) is 0 Å². The molecule has 4 nitrogen and oxygen atoms in total. The van der Waals surface area contributed by atoms with Crippen LogP contribution in [0.5, 0.6) is 0 Å². The van der Waals surface area contributed by atoms with E-state index >= 15 is 0 Å². The van der Waals surface area contributed by atoms with Crippen LogP contribution in [0.4, 0.5) is 0 Å². The quantitative estimate of drug-likeness (QED) is 0.708. The number of likely N-dealkylation sites (tertiary alicyclic amines) is 1. The lowest BCUT2D eigenvalue weighted by atomic mass is 9.87. The Balaban J connectivity index is 2.67. The van der Waals surface area contributed by atoms with Gasteiger partial charge >= 0.3 is 5.97 Å². The Morgan fingerprint density at radius 2 is 2.06 bits per heavy atom. The van der Waals surface area contributed by atoms with Crippen LogP contribution in [0.3, 0.4) is 0 Å². The van der Waals surface area contributed by atoms with E-state index in [2.05, 4.69) is 0 Å². The zero-order valence-electron chi connectivity index (χ0n) is 11.3. The second kappa shape index (κ2) is 5.52. The minimum atomic E-state index is -0.335. The maximum Gasteiger partial charge on any atom is 0.310 e. The van der Waals surface area contributed by atoms with Crippen LogP contribution in [0.15, 0.2) is 0 Å². The first-order valence-electron chi connectivity index (χ1n) is 6.29. The largest absolute Gasteiger partial charge is 0.469 e. The predicted octanol–water partition coefficient (Wildman–Crippen LogP) is 1.83. The van der Waals surface area contributed by atoms with Crippen molar-refractivity contribution in [2.24, 2.45) is 11.3 Å². The number of methoxy groups -OCH3 is 1. The van der Waals surface area contributed by atoms with Gasteiger partial charge in [-0.25, -0.2) is 0 Å². The van der Waals surface area contributed by atoms with Crippen molar-refractivity contribution in [2.45, 2.75) is 40.0 Å². The summed E-state index contributed by atoms with van der Waals surface area (Å²) >= 11 is 0. The number of carbonyl (C=O) groups is 2. The summed E-state index contributed by atoms with van der Waals surface area (Å²) in [5.74, 6) is -0.198. The third kappa shape index (κ3) is 3.20. The number of esters is 1. The first kappa shape index (κ1) is 14.0. The van der Waals surface area contributed by atoms with E-state index in [0.29, 0.717) is 6.54 Å². The second-order valence-corrected chi connectivity index (χ2v) is 5.35. The average molecular weight is 241 g/mol. The summed E-state index contributed by atoms with van der Waals surface area (Å²) in [5, 5.41) is 0. The highest BCUT2D eigenvalue weighted by atomic mass is 16.5. The van der Waals surface area contributed by atoms with Crippen LogP contribution < -0.4 is 0 Å². The molecule has 1 aliphatic rings. The van der Waals surface area contributed by atoms with Gasteiger partial charge in [0.25, 0.3) is 0 Å². The first-order valence-corrected chi connectivity index (χ1v) is 6.29. The molecule has 0 aromatic heterocycles. The Morgan fingerprint density at radius 1 is 1.41 bits per heavy atom. The fourth-order valence-electron chi connectivity index (χ4n) is 2.10. The minimum absolute atomic E-state index is 0.147. The lowest BCUT2D eigenvalue weighted by Crippen LogP contribution is -2.47. The van der Waals surface area contributed by atoms with Crippen LogP contribution in [-0.2, 0) is 14.3 Å². The van der Waals surface area contributed by atoms with Crippen LogP contribution in [0.2, 0.25) is 0 Å². The molecule has 1 amide bonds. The van der Waals surface area contributed by atoms with Crippen molar-refractivity contribution in [2.75, 3.05) is 20.2 Å². The van der Waals surface area contributed by atoms with Gasteiger partial charge in [-0.3, -0.25) is 9.59 Å². The van der Waals surface area contributed by atoms with Gasteiger partial charge in [-0.2, -0.15) is 0 Å². The van der Waals surface area contributed by atoms with Crippen LogP contribution in [0, 0.1) is 11.3 Å². The number of ether oxygens (including phenoxy) is 1. The van der Waals surface area contributed by atoms with Crippen molar-refractivity contribution in [3.8, 4) is 0 Å². The Labute approximate surface area is 103 Å². The molecule has 98 valence electrons. The zero-order chi connectivity index (χ0) is 13.1. The molecule has 0 saturated carbocycles. The predicted molar refractivity (Wildman–Crippen MR) is 65.4 cm³/mol. The van der Waals surface area contributed by atoms with Gasteiger partial charge < -0.3 is 9.64 Å². The van der Waals surface area contributed by atoms with Crippen molar-refractivity contribution >= 4 is 11.9 Å². The number of piperidine rings is 1. The smallest absolute Gasteiger partial charge is 0.310 e. The molecule has 0 aromatic carbocycles. The maximum atomic E-state index is 12.3. The third-order valence-electron chi connectivity index (χ3n) is 3.71. The summed E-state index contributed by atoms with van der Waals surface area (Å²) in [6.45, 7) is 7.19. The van der Waals surface area contributed by atoms with Gasteiger partial charge in [0.15, 0.2) is 0 Å². The third-order valence-corrected chi connectivity index (χ3v) is 3.71. The normalized spacial score (nSPS) is 21.2. The van der Waals surface area contributed by atoms with Gasteiger partial charge in [0.05, 0.1) is 13.0 Å². The van der Waals surface area contributed by atoms with E-state index < -0.39 is 0 Å². The van der Waals surface area contributed by atoms with Crippen molar-refractivity contribution in [1.82, 2.24) is 4.90 Å². The van der Waals surface area contributed by atoms with Gasteiger partial charge in [-0.1, -0.05) is 20.8 Å². The highest BCUT2D eigenvalue weighted by Crippen LogP contribution is 2.26. The number of nitrogens with zero attached hydrogens (tertiary/aromatic N) is 1. The summed E-state index contributed by atoms with van der Waals surface area (Å²) in [7, 11) is 1.40. The van der Waals surface area contributed by atoms with Crippen molar-refractivity contribution < 1.29 is 14.3 Å². The number of amides is 1. The van der Waals surface area contributed by atoms with E-state index in [9.17, 15) is 9.59 Å². The molecule has 0 N–H and O–H groups in total. The fraction of sp³-hybridized carbons (Fsp3) is 0.846. The molecule has 1 heterocycles. The summed E-state index contributed by atoms with van der Waals surface area (Å²) < 4.78 is 4.75.